The van der Waals surface area contributed by atoms with Crippen molar-refractivity contribution in [1.82, 2.24) is 0 Å². The first-order chi connectivity index (χ1) is 5.70. The highest BCUT2D eigenvalue weighted by atomic mass is 35.5. The summed E-state index contributed by atoms with van der Waals surface area (Å²) in [6.45, 7) is 4.20. The van der Waals surface area contributed by atoms with Crippen molar-refractivity contribution >= 4 is 23.8 Å². The highest BCUT2D eigenvalue weighted by Gasteiger charge is 2.05. The van der Waals surface area contributed by atoms with Gasteiger partial charge in [0.15, 0.2) is 0 Å². The highest BCUT2D eigenvalue weighted by Crippen LogP contribution is 2.23. The fourth-order valence-corrected chi connectivity index (χ4v) is 1.56. The van der Waals surface area contributed by atoms with E-state index in [0.717, 1.165) is 24.2 Å². The molecular weight excluding hydrogens is 184 g/mol. The molecule has 0 spiro atoms. The summed E-state index contributed by atoms with van der Waals surface area (Å²) >= 11 is 0. The van der Waals surface area contributed by atoms with Crippen LogP contribution in [0, 0.1) is 0 Å². The average Bonchev–Trinajstić information content (AvgIpc) is 2.08. The fraction of sp³-hybridized carbons (Fsp3) is 0.400. The predicted octanol–water partition coefficient (Wildman–Crippen LogP) is 2.40. The van der Waals surface area contributed by atoms with Crippen LogP contribution in [0.2, 0.25) is 0 Å². The Balaban J connectivity index is 0.00000144. The van der Waals surface area contributed by atoms with Crippen LogP contribution < -0.4 is 11.5 Å². The third kappa shape index (κ3) is 2.28. The maximum atomic E-state index is 5.82. The maximum absolute atomic E-state index is 5.82. The molecule has 0 aliphatic carbocycles. The Hall–Kier alpha value is -0.890. The number of nitrogens with two attached hydrogens (primary N) is 2. The van der Waals surface area contributed by atoms with Crippen LogP contribution in [0.25, 0.3) is 0 Å². The molecule has 74 valence electrons. The zero-order chi connectivity index (χ0) is 9.14. The molecule has 3 heteroatoms. The molecule has 1 aromatic carbocycles. The third-order valence-corrected chi connectivity index (χ3v) is 2.21. The molecule has 0 heterocycles. The first kappa shape index (κ1) is 12.1. The maximum Gasteiger partial charge on any atom is 0.0350 e. The molecule has 1 aromatic rings. The molecule has 0 fully saturated rings. The van der Waals surface area contributed by atoms with E-state index in [0.29, 0.717) is 0 Å². The molecule has 0 aromatic heterocycles. The summed E-state index contributed by atoms with van der Waals surface area (Å²) in [5.74, 6) is 0. The summed E-state index contributed by atoms with van der Waals surface area (Å²) in [6, 6.07) is 3.76. The number of anilines is 2. The summed E-state index contributed by atoms with van der Waals surface area (Å²) in [5.41, 5.74) is 15.8. The Bertz CT molecular complexity index is 255. The van der Waals surface area contributed by atoms with E-state index in [1.54, 1.807) is 0 Å². The lowest BCUT2D eigenvalue weighted by atomic mass is 9.99. The minimum absolute atomic E-state index is 0. The number of benzene rings is 1. The van der Waals surface area contributed by atoms with E-state index in [1.165, 1.54) is 11.1 Å². The number of rotatable bonds is 2. The Morgan fingerprint density at radius 3 is 1.46 bits per heavy atom. The van der Waals surface area contributed by atoms with E-state index >= 15 is 0 Å². The number of halogens is 1. The Labute approximate surface area is 85.7 Å². The molecule has 4 N–H and O–H groups in total. The summed E-state index contributed by atoms with van der Waals surface area (Å²) in [7, 11) is 0. The molecule has 0 aliphatic heterocycles. The first-order valence-corrected chi connectivity index (χ1v) is 4.36. The smallest absolute Gasteiger partial charge is 0.0350 e. The Morgan fingerprint density at radius 1 is 0.923 bits per heavy atom. The van der Waals surface area contributed by atoms with Gasteiger partial charge in [-0.15, -0.1) is 12.4 Å². The zero-order valence-electron chi connectivity index (χ0n) is 8.13. The minimum atomic E-state index is 0. The minimum Gasteiger partial charge on any atom is -0.398 e. The van der Waals surface area contributed by atoms with Crippen molar-refractivity contribution in [2.45, 2.75) is 26.7 Å². The summed E-state index contributed by atoms with van der Waals surface area (Å²) in [6.07, 6.45) is 1.92. The largest absolute Gasteiger partial charge is 0.398 e. The van der Waals surface area contributed by atoms with Crippen molar-refractivity contribution in [3.05, 3.63) is 23.3 Å². The predicted molar refractivity (Wildman–Crippen MR) is 61.3 cm³/mol. The van der Waals surface area contributed by atoms with Gasteiger partial charge in [-0.25, -0.2) is 0 Å². The van der Waals surface area contributed by atoms with E-state index in [1.807, 2.05) is 12.1 Å². The lowest BCUT2D eigenvalue weighted by Crippen LogP contribution is -2.02. The quantitative estimate of drug-likeness (QED) is 0.721. The van der Waals surface area contributed by atoms with Crippen LogP contribution in [0.5, 0.6) is 0 Å². The van der Waals surface area contributed by atoms with Crippen LogP contribution in [0.1, 0.15) is 25.0 Å². The van der Waals surface area contributed by atoms with Crippen LogP contribution in [-0.4, -0.2) is 0 Å². The first-order valence-electron chi connectivity index (χ1n) is 4.36. The van der Waals surface area contributed by atoms with Crippen LogP contribution in [0.3, 0.4) is 0 Å². The van der Waals surface area contributed by atoms with Crippen molar-refractivity contribution in [1.29, 1.82) is 0 Å². The van der Waals surface area contributed by atoms with E-state index in [-0.39, 0.29) is 12.4 Å². The fourth-order valence-electron chi connectivity index (χ4n) is 1.56. The molecule has 0 bridgehead atoms. The van der Waals surface area contributed by atoms with Crippen molar-refractivity contribution in [2.75, 3.05) is 11.5 Å². The molecule has 0 atom stereocenters. The zero-order valence-corrected chi connectivity index (χ0v) is 8.95. The Kier molecular flexibility index (Phi) is 4.63. The summed E-state index contributed by atoms with van der Waals surface area (Å²) in [5, 5.41) is 0. The van der Waals surface area contributed by atoms with E-state index in [4.69, 9.17) is 11.5 Å². The summed E-state index contributed by atoms with van der Waals surface area (Å²) < 4.78 is 0. The number of hydrogen-bond donors (Lipinski definition) is 2. The second-order valence-electron chi connectivity index (χ2n) is 2.91. The molecule has 13 heavy (non-hydrogen) atoms. The molecule has 0 radical (unpaired) electrons. The van der Waals surface area contributed by atoms with Crippen LogP contribution in [0.4, 0.5) is 11.4 Å². The van der Waals surface area contributed by atoms with Crippen molar-refractivity contribution in [3.63, 3.8) is 0 Å². The van der Waals surface area contributed by atoms with Crippen LogP contribution >= 0.6 is 12.4 Å². The van der Waals surface area contributed by atoms with E-state index in [2.05, 4.69) is 13.8 Å². The van der Waals surface area contributed by atoms with Gasteiger partial charge < -0.3 is 11.5 Å². The number of nitrogen functional groups attached to an aromatic ring is 2. The molecule has 0 amide bonds. The summed E-state index contributed by atoms with van der Waals surface area (Å²) in [4.78, 5) is 0. The van der Waals surface area contributed by atoms with Gasteiger partial charge in [-0.3, -0.25) is 0 Å². The van der Waals surface area contributed by atoms with Gasteiger partial charge in [0.2, 0.25) is 0 Å². The van der Waals surface area contributed by atoms with Crippen molar-refractivity contribution in [2.24, 2.45) is 0 Å². The standard InChI is InChI=1S/C10H16N2.ClH/c1-3-7-8(4-2)10(12)6-5-9(7)11;/h5-6H,3-4,11-12H2,1-2H3;1H. The molecule has 0 aliphatic rings. The number of hydrogen-bond acceptors (Lipinski definition) is 2. The van der Waals surface area contributed by atoms with Crippen LogP contribution in [-0.2, 0) is 12.8 Å². The normalized spacial score (nSPS) is 9.38. The van der Waals surface area contributed by atoms with E-state index in [9.17, 15) is 0 Å². The third-order valence-electron chi connectivity index (χ3n) is 2.21. The van der Waals surface area contributed by atoms with Crippen LogP contribution in [0.15, 0.2) is 12.1 Å². The Morgan fingerprint density at radius 2 is 1.23 bits per heavy atom. The molecule has 1 rings (SSSR count). The molecule has 2 nitrogen and oxygen atoms in total. The molecule has 0 saturated heterocycles. The lowest BCUT2D eigenvalue weighted by Gasteiger charge is -2.11. The van der Waals surface area contributed by atoms with Crippen molar-refractivity contribution in [3.8, 4) is 0 Å². The van der Waals surface area contributed by atoms with Gasteiger partial charge in [-0.05, 0) is 36.1 Å². The van der Waals surface area contributed by atoms with Gasteiger partial charge in [-0.2, -0.15) is 0 Å². The SMILES string of the molecule is CCc1c(N)ccc(N)c1CC.Cl. The monoisotopic (exact) mass is 200 g/mol. The van der Waals surface area contributed by atoms with E-state index < -0.39 is 0 Å². The average molecular weight is 201 g/mol. The van der Waals surface area contributed by atoms with Gasteiger partial charge in [0.25, 0.3) is 0 Å². The topological polar surface area (TPSA) is 52.0 Å². The van der Waals surface area contributed by atoms with Gasteiger partial charge in [-0.1, -0.05) is 13.8 Å². The van der Waals surface area contributed by atoms with Crippen molar-refractivity contribution < 1.29 is 0 Å². The lowest BCUT2D eigenvalue weighted by molar-refractivity contribution is 1.04. The van der Waals surface area contributed by atoms with Gasteiger partial charge >= 0.3 is 0 Å². The highest BCUT2D eigenvalue weighted by molar-refractivity contribution is 5.85. The van der Waals surface area contributed by atoms with Gasteiger partial charge in [0.05, 0.1) is 0 Å². The molecule has 0 saturated carbocycles. The molecular formula is C10H17ClN2. The van der Waals surface area contributed by atoms with Gasteiger partial charge in [0, 0.05) is 11.4 Å². The second-order valence-corrected chi connectivity index (χ2v) is 2.91. The second kappa shape index (κ2) is 4.97. The van der Waals surface area contributed by atoms with Gasteiger partial charge in [0.1, 0.15) is 0 Å². The molecule has 0 unspecified atom stereocenters.